The summed E-state index contributed by atoms with van der Waals surface area (Å²) < 4.78 is 0.910. The number of thiocarbonyl (C=S) groups is 1. The molecule has 0 aliphatic carbocycles. The van der Waals surface area contributed by atoms with Gasteiger partial charge < -0.3 is 4.98 Å². The molecule has 0 saturated heterocycles. The molecule has 1 aromatic heterocycles. The topological polar surface area (TPSA) is 15.8 Å². The molecular weight excluding hydrogens is 270 g/mol. The molecule has 0 spiro atoms. The van der Waals surface area contributed by atoms with E-state index in [2.05, 4.69) is 11.9 Å². The first-order valence-corrected chi connectivity index (χ1v) is 7.10. The summed E-state index contributed by atoms with van der Waals surface area (Å²) in [7, 11) is 0. The van der Waals surface area contributed by atoms with Crippen LogP contribution in [0.1, 0.15) is 12.6 Å². The highest BCUT2D eigenvalue weighted by Crippen LogP contribution is 2.22. The molecule has 0 unspecified atom stereocenters. The molecule has 0 aliphatic rings. The van der Waals surface area contributed by atoms with Gasteiger partial charge in [0.1, 0.15) is 0 Å². The van der Waals surface area contributed by atoms with Crippen molar-refractivity contribution >= 4 is 39.8 Å². The summed E-state index contributed by atoms with van der Waals surface area (Å²) in [4.78, 5) is 3.33. The lowest BCUT2D eigenvalue weighted by Crippen LogP contribution is -1.92. The Labute approximate surface area is 116 Å². The fraction of sp³-hybridized carbons (Fsp3) is 0.154. The minimum Gasteiger partial charge on any atom is -0.353 e. The van der Waals surface area contributed by atoms with E-state index in [1.807, 2.05) is 36.4 Å². The molecule has 0 amide bonds. The van der Waals surface area contributed by atoms with Gasteiger partial charge >= 0.3 is 0 Å². The van der Waals surface area contributed by atoms with Crippen molar-refractivity contribution in [2.24, 2.45) is 0 Å². The molecule has 1 aromatic carbocycles. The average molecular weight is 282 g/mol. The fourth-order valence-electron chi connectivity index (χ4n) is 1.52. The molecule has 0 fully saturated rings. The molecular formula is C13H12ClNS2. The van der Waals surface area contributed by atoms with E-state index < -0.39 is 0 Å². The molecule has 0 radical (unpaired) electrons. The van der Waals surface area contributed by atoms with E-state index in [0.717, 1.165) is 31.9 Å². The Hall–Kier alpha value is -0.770. The van der Waals surface area contributed by atoms with Crippen LogP contribution in [0.25, 0.3) is 11.3 Å². The summed E-state index contributed by atoms with van der Waals surface area (Å²) in [5.74, 6) is 0.994. The molecule has 2 aromatic rings. The SMILES string of the molecule is CCSC(=S)c1ccc(-c2ccc(Cl)cc2)[nH]1. The Morgan fingerprint density at radius 1 is 1.24 bits per heavy atom. The number of aromatic amines is 1. The number of hydrogen-bond acceptors (Lipinski definition) is 2. The Morgan fingerprint density at radius 3 is 2.59 bits per heavy atom. The lowest BCUT2D eigenvalue weighted by atomic mass is 10.2. The van der Waals surface area contributed by atoms with Gasteiger partial charge in [-0.3, -0.25) is 0 Å². The number of nitrogens with one attached hydrogen (secondary N) is 1. The Morgan fingerprint density at radius 2 is 1.94 bits per heavy atom. The minimum atomic E-state index is 0.748. The zero-order valence-corrected chi connectivity index (χ0v) is 11.8. The van der Waals surface area contributed by atoms with Crippen LogP contribution in [-0.4, -0.2) is 14.9 Å². The first-order valence-electron chi connectivity index (χ1n) is 5.33. The standard InChI is InChI=1S/C13H12ClNS2/c1-2-17-13(16)12-8-7-11(15-12)9-3-5-10(14)6-4-9/h3-8,15H,2H2,1H3. The van der Waals surface area contributed by atoms with E-state index in [1.54, 1.807) is 11.8 Å². The average Bonchev–Trinajstić information content (AvgIpc) is 2.80. The minimum absolute atomic E-state index is 0.748. The lowest BCUT2D eigenvalue weighted by Gasteiger charge is -2.00. The molecule has 0 bridgehead atoms. The Kier molecular flexibility index (Phi) is 4.26. The maximum atomic E-state index is 5.86. The van der Waals surface area contributed by atoms with Gasteiger partial charge in [-0.1, -0.05) is 42.9 Å². The summed E-state index contributed by atoms with van der Waals surface area (Å²) in [5.41, 5.74) is 3.19. The second-order valence-electron chi connectivity index (χ2n) is 3.51. The van der Waals surface area contributed by atoms with E-state index in [1.165, 1.54) is 0 Å². The zero-order valence-electron chi connectivity index (χ0n) is 9.37. The van der Waals surface area contributed by atoms with Gasteiger partial charge in [0, 0.05) is 10.7 Å². The van der Waals surface area contributed by atoms with Crippen LogP contribution in [0.4, 0.5) is 0 Å². The van der Waals surface area contributed by atoms with E-state index in [0.29, 0.717) is 0 Å². The maximum absolute atomic E-state index is 5.86. The third kappa shape index (κ3) is 3.12. The molecule has 1 nitrogen and oxygen atoms in total. The van der Waals surface area contributed by atoms with Gasteiger partial charge in [0.25, 0.3) is 0 Å². The van der Waals surface area contributed by atoms with Crippen molar-refractivity contribution in [2.75, 3.05) is 5.75 Å². The van der Waals surface area contributed by atoms with Crippen LogP contribution in [-0.2, 0) is 0 Å². The van der Waals surface area contributed by atoms with Crippen molar-refractivity contribution in [3.05, 3.63) is 47.1 Å². The van der Waals surface area contributed by atoms with E-state index in [4.69, 9.17) is 23.8 Å². The summed E-state index contributed by atoms with van der Waals surface area (Å²) in [6.45, 7) is 2.10. The molecule has 2 rings (SSSR count). The van der Waals surface area contributed by atoms with Crippen molar-refractivity contribution in [1.29, 1.82) is 0 Å². The Balaban J connectivity index is 2.23. The van der Waals surface area contributed by atoms with Crippen molar-refractivity contribution in [1.82, 2.24) is 4.98 Å². The molecule has 0 aliphatic heterocycles. The van der Waals surface area contributed by atoms with E-state index in [-0.39, 0.29) is 0 Å². The number of benzene rings is 1. The maximum Gasteiger partial charge on any atom is 0.0941 e. The number of hydrogen-bond donors (Lipinski definition) is 1. The number of halogens is 1. The molecule has 88 valence electrons. The number of thioether (sulfide) groups is 1. The molecule has 0 saturated carbocycles. The molecule has 4 heteroatoms. The fourth-order valence-corrected chi connectivity index (χ4v) is 2.66. The van der Waals surface area contributed by atoms with Gasteiger partial charge in [0.05, 0.1) is 9.89 Å². The van der Waals surface area contributed by atoms with Crippen LogP contribution < -0.4 is 0 Å². The molecule has 0 atom stereocenters. The monoisotopic (exact) mass is 281 g/mol. The predicted octanol–water partition coefficient (Wildman–Crippen LogP) is 4.76. The molecule has 1 N–H and O–H groups in total. The first kappa shape index (κ1) is 12.7. The predicted molar refractivity (Wildman–Crippen MR) is 81.1 cm³/mol. The van der Waals surface area contributed by atoms with E-state index >= 15 is 0 Å². The van der Waals surface area contributed by atoms with Gasteiger partial charge in [-0.2, -0.15) is 0 Å². The Bertz CT molecular complexity index is 516. The quantitative estimate of drug-likeness (QED) is 0.816. The summed E-state index contributed by atoms with van der Waals surface area (Å²) in [5, 5.41) is 0.748. The lowest BCUT2D eigenvalue weighted by molar-refractivity contribution is 1.38. The zero-order chi connectivity index (χ0) is 12.3. The molecule has 1 heterocycles. The largest absolute Gasteiger partial charge is 0.353 e. The summed E-state index contributed by atoms with van der Waals surface area (Å²) in [6.07, 6.45) is 0. The first-order chi connectivity index (χ1) is 8.20. The van der Waals surface area contributed by atoms with Crippen LogP contribution in [0.2, 0.25) is 5.02 Å². The number of rotatable bonds is 3. The van der Waals surface area contributed by atoms with E-state index in [9.17, 15) is 0 Å². The highest BCUT2D eigenvalue weighted by molar-refractivity contribution is 8.23. The molecule has 17 heavy (non-hydrogen) atoms. The van der Waals surface area contributed by atoms with Gasteiger partial charge in [-0.25, -0.2) is 0 Å². The number of aromatic nitrogens is 1. The summed E-state index contributed by atoms with van der Waals surface area (Å²) in [6, 6.07) is 11.8. The van der Waals surface area contributed by atoms with Gasteiger partial charge in [-0.15, -0.1) is 11.8 Å². The van der Waals surface area contributed by atoms with Crippen LogP contribution in [0.15, 0.2) is 36.4 Å². The smallest absolute Gasteiger partial charge is 0.0941 e. The van der Waals surface area contributed by atoms with Gasteiger partial charge in [0.15, 0.2) is 0 Å². The second kappa shape index (κ2) is 5.71. The second-order valence-corrected chi connectivity index (χ2v) is 5.89. The third-order valence-electron chi connectivity index (χ3n) is 2.34. The highest BCUT2D eigenvalue weighted by Gasteiger charge is 2.05. The normalized spacial score (nSPS) is 10.5. The third-order valence-corrected chi connectivity index (χ3v) is 3.93. The van der Waals surface area contributed by atoms with Crippen LogP contribution in [0.5, 0.6) is 0 Å². The van der Waals surface area contributed by atoms with Crippen LogP contribution >= 0.6 is 35.6 Å². The van der Waals surface area contributed by atoms with Crippen molar-refractivity contribution < 1.29 is 0 Å². The summed E-state index contributed by atoms with van der Waals surface area (Å²) >= 11 is 12.9. The van der Waals surface area contributed by atoms with Crippen LogP contribution in [0.3, 0.4) is 0 Å². The van der Waals surface area contributed by atoms with Crippen molar-refractivity contribution in [2.45, 2.75) is 6.92 Å². The van der Waals surface area contributed by atoms with Gasteiger partial charge in [0.2, 0.25) is 0 Å². The van der Waals surface area contributed by atoms with Crippen molar-refractivity contribution in [3.8, 4) is 11.3 Å². The highest BCUT2D eigenvalue weighted by atomic mass is 35.5. The van der Waals surface area contributed by atoms with Crippen LogP contribution in [0, 0.1) is 0 Å². The van der Waals surface area contributed by atoms with Crippen molar-refractivity contribution in [3.63, 3.8) is 0 Å². The van der Waals surface area contributed by atoms with Gasteiger partial charge in [-0.05, 0) is 35.6 Å². The number of H-pyrrole nitrogens is 1.